The Balaban J connectivity index is 2.19. The molecule has 88 valence electrons. The van der Waals surface area contributed by atoms with Crippen molar-refractivity contribution in [2.45, 2.75) is 0 Å². The van der Waals surface area contributed by atoms with Crippen LogP contribution in [0.5, 0.6) is 0 Å². The van der Waals surface area contributed by atoms with Gasteiger partial charge in [-0.1, -0.05) is 11.2 Å². The number of anilines is 1. The molecule has 5 nitrogen and oxygen atoms in total. The summed E-state index contributed by atoms with van der Waals surface area (Å²) in [7, 11) is 0. The Morgan fingerprint density at radius 2 is 1.83 bits per heavy atom. The number of pyridine rings is 2. The normalized spacial score (nSPS) is 10.4. The third-order valence-corrected chi connectivity index (χ3v) is 2.59. The Labute approximate surface area is 103 Å². The van der Waals surface area contributed by atoms with Crippen LogP contribution < -0.4 is 5.73 Å². The van der Waals surface area contributed by atoms with Crippen LogP contribution in [-0.4, -0.2) is 15.1 Å². The average Bonchev–Trinajstić information content (AvgIpc) is 2.83. The molecule has 0 aliphatic carbocycles. The molecule has 0 bridgehead atoms. The maximum atomic E-state index is 5.83. The lowest BCUT2D eigenvalue weighted by Gasteiger charge is -2.01. The maximum absolute atomic E-state index is 5.83. The summed E-state index contributed by atoms with van der Waals surface area (Å²) >= 11 is 0. The van der Waals surface area contributed by atoms with Crippen molar-refractivity contribution in [1.29, 1.82) is 0 Å². The first-order valence-corrected chi connectivity index (χ1v) is 5.43. The van der Waals surface area contributed by atoms with E-state index < -0.39 is 0 Å². The molecule has 0 spiro atoms. The summed E-state index contributed by atoms with van der Waals surface area (Å²) in [5, 5.41) is 3.98. The summed E-state index contributed by atoms with van der Waals surface area (Å²) in [6, 6.07) is 9.31. The molecule has 3 aromatic heterocycles. The van der Waals surface area contributed by atoms with Gasteiger partial charge in [0.25, 0.3) is 0 Å². The third kappa shape index (κ3) is 1.71. The van der Waals surface area contributed by atoms with Crippen LogP contribution in [0.2, 0.25) is 0 Å². The van der Waals surface area contributed by atoms with Crippen LogP contribution >= 0.6 is 0 Å². The van der Waals surface area contributed by atoms with Crippen LogP contribution in [0.3, 0.4) is 0 Å². The molecule has 5 heteroatoms. The van der Waals surface area contributed by atoms with Gasteiger partial charge in [0, 0.05) is 18.6 Å². The molecule has 3 aromatic rings. The molecule has 3 rings (SSSR count). The monoisotopic (exact) mass is 238 g/mol. The van der Waals surface area contributed by atoms with Crippen LogP contribution in [0, 0.1) is 0 Å². The average molecular weight is 238 g/mol. The number of hydrogen-bond donors (Lipinski definition) is 1. The maximum Gasteiger partial charge on any atom is 0.230 e. The Bertz CT molecular complexity index is 649. The predicted molar refractivity (Wildman–Crippen MR) is 67.4 cm³/mol. The Kier molecular flexibility index (Phi) is 2.49. The van der Waals surface area contributed by atoms with Crippen molar-refractivity contribution in [2.75, 3.05) is 5.73 Å². The minimum absolute atomic E-state index is 0.279. The minimum atomic E-state index is 0.279. The Hall–Kier alpha value is -2.69. The van der Waals surface area contributed by atoms with Crippen molar-refractivity contribution >= 4 is 5.88 Å². The highest BCUT2D eigenvalue weighted by molar-refractivity contribution is 5.85. The molecule has 0 saturated carbocycles. The second-order valence-corrected chi connectivity index (χ2v) is 3.72. The molecule has 0 saturated heterocycles. The van der Waals surface area contributed by atoms with Gasteiger partial charge in [0.05, 0.1) is 11.3 Å². The molecular weight excluding hydrogens is 228 g/mol. The second kappa shape index (κ2) is 4.29. The molecule has 0 fully saturated rings. The predicted octanol–water partition coefficient (Wildman–Crippen LogP) is 2.38. The number of nitrogen functional groups attached to an aromatic ring is 1. The van der Waals surface area contributed by atoms with Gasteiger partial charge in [-0.3, -0.25) is 9.97 Å². The van der Waals surface area contributed by atoms with E-state index in [0.29, 0.717) is 5.69 Å². The lowest BCUT2D eigenvalue weighted by Crippen LogP contribution is -1.89. The number of rotatable bonds is 2. The van der Waals surface area contributed by atoms with Crippen molar-refractivity contribution in [3.63, 3.8) is 0 Å². The number of nitrogens with zero attached hydrogens (tertiary/aromatic N) is 3. The summed E-state index contributed by atoms with van der Waals surface area (Å²) in [4.78, 5) is 8.23. The van der Waals surface area contributed by atoms with Crippen LogP contribution in [0.15, 0.2) is 53.4 Å². The molecule has 0 amide bonds. The van der Waals surface area contributed by atoms with Crippen molar-refractivity contribution in [1.82, 2.24) is 15.1 Å². The van der Waals surface area contributed by atoms with Gasteiger partial charge in [0.2, 0.25) is 5.88 Å². The van der Waals surface area contributed by atoms with Crippen molar-refractivity contribution in [3.8, 4) is 22.5 Å². The van der Waals surface area contributed by atoms with Gasteiger partial charge in [-0.15, -0.1) is 0 Å². The third-order valence-electron chi connectivity index (χ3n) is 2.59. The highest BCUT2D eigenvalue weighted by atomic mass is 16.5. The van der Waals surface area contributed by atoms with E-state index >= 15 is 0 Å². The van der Waals surface area contributed by atoms with Gasteiger partial charge in [-0.2, -0.15) is 0 Å². The first kappa shape index (κ1) is 10.5. The van der Waals surface area contributed by atoms with Gasteiger partial charge in [0.15, 0.2) is 0 Å². The summed E-state index contributed by atoms with van der Waals surface area (Å²) in [5.41, 5.74) is 8.85. The van der Waals surface area contributed by atoms with Crippen molar-refractivity contribution in [2.24, 2.45) is 0 Å². The second-order valence-electron chi connectivity index (χ2n) is 3.72. The zero-order chi connectivity index (χ0) is 12.4. The van der Waals surface area contributed by atoms with Gasteiger partial charge < -0.3 is 10.3 Å². The largest absolute Gasteiger partial charge is 0.367 e. The van der Waals surface area contributed by atoms with Crippen LogP contribution in [-0.2, 0) is 0 Å². The highest BCUT2D eigenvalue weighted by Gasteiger charge is 2.17. The Morgan fingerprint density at radius 1 is 1.00 bits per heavy atom. The van der Waals surface area contributed by atoms with Crippen LogP contribution in [0.25, 0.3) is 22.5 Å². The molecule has 0 aliphatic rings. The van der Waals surface area contributed by atoms with Gasteiger partial charge >= 0.3 is 0 Å². The van der Waals surface area contributed by atoms with E-state index in [1.807, 2.05) is 30.3 Å². The fourth-order valence-corrected chi connectivity index (χ4v) is 1.78. The lowest BCUT2D eigenvalue weighted by molar-refractivity contribution is 0.439. The smallest absolute Gasteiger partial charge is 0.230 e. The van der Waals surface area contributed by atoms with Crippen LogP contribution in [0.1, 0.15) is 0 Å². The van der Waals surface area contributed by atoms with Crippen molar-refractivity contribution in [3.05, 3.63) is 48.9 Å². The van der Waals surface area contributed by atoms with Gasteiger partial charge in [-0.05, 0) is 29.8 Å². The number of nitrogens with two attached hydrogens (primary N) is 1. The van der Waals surface area contributed by atoms with Gasteiger partial charge in [0.1, 0.15) is 5.69 Å². The molecule has 2 N–H and O–H groups in total. The van der Waals surface area contributed by atoms with E-state index in [1.165, 1.54) is 0 Å². The molecule has 0 atom stereocenters. The van der Waals surface area contributed by atoms with Crippen LogP contribution in [0.4, 0.5) is 5.88 Å². The molecule has 3 heterocycles. The molecular formula is C13H10N4O. The summed E-state index contributed by atoms with van der Waals surface area (Å²) < 4.78 is 5.07. The quantitative estimate of drug-likeness (QED) is 0.741. The van der Waals surface area contributed by atoms with Crippen molar-refractivity contribution < 1.29 is 4.52 Å². The molecule has 0 unspecified atom stereocenters. The fourth-order valence-electron chi connectivity index (χ4n) is 1.78. The zero-order valence-electron chi connectivity index (χ0n) is 9.45. The lowest BCUT2D eigenvalue weighted by atomic mass is 10.1. The zero-order valence-corrected chi connectivity index (χ0v) is 9.45. The van der Waals surface area contributed by atoms with E-state index in [0.717, 1.165) is 16.8 Å². The first-order valence-electron chi connectivity index (χ1n) is 5.43. The molecule has 0 aromatic carbocycles. The number of aromatic nitrogens is 3. The minimum Gasteiger partial charge on any atom is -0.367 e. The summed E-state index contributed by atoms with van der Waals surface area (Å²) in [5.74, 6) is 0.279. The molecule has 0 radical (unpaired) electrons. The summed E-state index contributed by atoms with van der Waals surface area (Å²) in [6.07, 6.45) is 5.10. The number of hydrogen-bond acceptors (Lipinski definition) is 5. The highest BCUT2D eigenvalue weighted by Crippen LogP contribution is 2.34. The van der Waals surface area contributed by atoms with E-state index in [1.54, 1.807) is 18.6 Å². The van der Waals surface area contributed by atoms with E-state index in [-0.39, 0.29) is 5.88 Å². The SMILES string of the molecule is Nc1onc(-c2ccccn2)c1-c1ccncc1. The topological polar surface area (TPSA) is 77.8 Å². The first-order chi connectivity index (χ1) is 8.86. The molecule has 18 heavy (non-hydrogen) atoms. The van der Waals surface area contributed by atoms with Gasteiger partial charge in [-0.25, -0.2) is 0 Å². The Morgan fingerprint density at radius 3 is 2.56 bits per heavy atom. The fraction of sp³-hybridized carbons (Fsp3) is 0. The summed E-state index contributed by atoms with van der Waals surface area (Å²) in [6.45, 7) is 0. The standard InChI is InChI=1S/C13H10N4O/c14-13-11(9-4-7-15-8-5-9)12(17-18-13)10-3-1-2-6-16-10/h1-8H,14H2. The van der Waals surface area contributed by atoms with E-state index in [4.69, 9.17) is 10.3 Å². The molecule has 0 aliphatic heterocycles. The van der Waals surface area contributed by atoms with E-state index in [2.05, 4.69) is 15.1 Å². The van der Waals surface area contributed by atoms with E-state index in [9.17, 15) is 0 Å².